The molecule has 3 aromatic carbocycles. The third kappa shape index (κ3) is 3.63. The van der Waals surface area contributed by atoms with Crippen molar-refractivity contribution in [2.24, 2.45) is 0 Å². The number of amides is 1. The molecule has 0 aliphatic heterocycles. The highest BCUT2D eigenvalue weighted by molar-refractivity contribution is 7.91. The molecule has 0 spiro atoms. The number of carbonyl (C=O) groups excluding carboxylic acids is 1. The average molecular weight is 367 g/mol. The fourth-order valence-electron chi connectivity index (χ4n) is 2.92. The lowest BCUT2D eigenvalue weighted by atomic mass is 10.0. The summed E-state index contributed by atoms with van der Waals surface area (Å²) >= 11 is 0. The topological polar surface area (TPSA) is 63.2 Å². The maximum absolute atomic E-state index is 12.7. The van der Waals surface area contributed by atoms with Gasteiger partial charge in [0.1, 0.15) is 0 Å². The van der Waals surface area contributed by atoms with E-state index in [1.54, 1.807) is 25.1 Å². The molecule has 0 radical (unpaired) electrons. The Bertz CT molecular complexity index is 1060. The molecule has 0 saturated carbocycles. The molecule has 0 unspecified atom stereocenters. The first kappa shape index (κ1) is 18.1. The molecule has 0 fully saturated rings. The molecule has 1 N–H and O–H groups in total. The summed E-state index contributed by atoms with van der Waals surface area (Å²) in [5.41, 5.74) is 1.15. The minimum absolute atomic E-state index is 0.0441. The highest BCUT2D eigenvalue weighted by Gasteiger charge is 2.21. The first-order valence-electron chi connectivity index (χ1n) is 8.53. The number of hydrogen-bond acceptors (Lipinski definition) is 3. The number of sulfone groups is 1. The number of hydrogen-bond donors (Lipinski definition) is 1. The van der Waals surface area contributed by atoms with Crippen LogP contribution in [0.1, 0.15) is 35.8 Å². The predicted molar refractivity (Wildman–Crippen MR) is 104 cm³/mol. The maximum atomic E-state index is 12.7. The van der Waals surface area contributed by atoms with Crippen LogP contribution in [-0.4, -0.2) is 20.1 Å². The largest absolute Gasteiger partial charge is 0.345 e. The summed E-state index contributed by atoms with van der Waals surface area (Å²) in [6, 6.07) is 20.1. The minimum atomic E-state index is -3.46. The van der Waals surface area contributed by atoms with E-state index < -0.39 is 15.7 Å². The molecular formula is C21H21NO3S. The molecule has 0 aliphatic carbocycles. The van der Waals surface area contributed by atoms with Crippen molar-refractivity contribution in [3.63, 3.8) is 0 Å². The van der Waals surface area contributed by atoms with Gasteiger partial charge in [-0.1, -0.05) is 55.5 Å². The maximum Gasteiger partial charge on any atom is 0.253 e. The van der Waals surface area contributed by atoms with Crippen molar-refractivity contribution < 1.29 is 13.2 Å². The Balaban J connectivity index is 1.88. The van der Waals surface area contributed by atoms with Gasteiger partial charge in [-0.2, -0.15) is 0 Å². The van der Waals surface area contributed by atoms with Crippen LogP contribution < -0.4 is 5.32 Å². The molecule has 1 amide bonds. The predicted octanol–water partition coefficient (Wildman–Crippen LogP) is 4.12. The Hall–Kier alpha value is -2.66. The highest BCUT2D eigenvalue weighted by Crippen LogP contribution is 2.22. The van der Waals surface area contributed by atoms with Gasteiger partial charge in [-0.15, -0.1) is 0 Å². The van der Waals surface area contributed by atoms with Gasteiger partial charge in [0.05, 0.1) is 22.3 Å². The zero-order valence-corrected chi connectivity index (χ0v) is 15.6. The second-order valence-electron chi connectivity index (χ2n) is 6.20. The lowest BCUT2D eigenvalue weighted by Crippen LogP contribution is -2.28. The second-order valence-corrected chi connectivity index (χ2v) is 8.45. The molecule has 0 saturated heterocycles. The first-order valence-corrected chi connectivity index (χ1v) is 10.2. The van der Waals surface area contributed by atoms with Crippen molar-refractivity contribution in [3.05, 3.63) is 77.9 Å². The van der Waals surface area contributed by atoms with Crippen molar-refractivity contribution in [2.45, 2.75) is 24.8 Å². The van der Waals surface area contributed by atoms with Crippen molar-refractivity contribution in [1.29, 1.82) is 0 Å². The summed E-state index contributed by atoms with van der Waals surface area (Å²) in [6.07, 6.45) is 0. The summed E-state index contributed by atoms with van der Waals surface area (Å²) in [5, 5.41) is 5.14. The fraction of sp³-hybridized carbons (Fsp3) is 0.190. The van der Waals surface area contributed by atoms with E-state index in [0.29, 0.717) is 0 Å². The number of fused-ring (bicyclic) bond motifs is 1. The molecule has 26 heavy (non-hydrogen) atoms. The van der Waals surface area contributed by atoms with Gasteiger partial charge in [0, 0.05) is 0 Å². The van der Waals surface area contributed by atoms with Gasteiger partial charge in [0.25, 0.3) is 5.91 Å². The summed E-state index contributed by atoms with van der Waals surface area (Å²) in [7, 11) is -3.46. The Morgan fingerprint density at radius 1 is 0.962 bits per heavy atom. The third-order valence-electron chi connectivity index (χ3n) is 4.47. The number of rotatable bonds is 5. The molecular weight excluding hydrogens is 346 g/mol. The van der Waals surface area contributed by atoms with Crippen LogP contribution in [0.2, 0.25) is 0 Å². The van der Waals surface area contributed by atoms with Gasteiger partial charge in [0.2, 0.25) is 0 Å². The average Bonchev–Trinajstić information content (AvgIpc) is 2.67. The van der Waals surface area contributed by atoms with E-state index in [4.69, 9.17) is 0 Å². The van der Waals surface area contributed by atoms with Crippen molar-refractivity contribution in [2.75, 3.05) is 5.75 Å². The van der Waals surface area contributed by atoms with Gasteiger partial charge in [-0.25, -0.2) is 8.42 Å². The zero-order valence-electron chi connectivity index (χ0n) is 14.8. The summed E-state index contributed by atoms with van der Waals surface area (Å²) in [4.78, 5) is 12.8. The minimum Gasteiger partial charge on any atom is -0.345 e. The van der Waals surface area contributed by atoms with E-state index in [9.17, 15) is 13.2 Å². The Labute approximate surface area is 153 Å². The molecule has 1 atom stereocenters. The number of benzene rings is 3. The Morgan fingerprint density at radius 2 is 1.62 bits per heavy atom. The molecule has 3 rings (SSSR count). The van der Waals surface area contributed by atoms with Gasteiger partial charge in [0.15, 0.2) is 9.84 Å². The SMILES string of the molecule is CCS(=O)(=O)c1ccccc1C(=O)N[C@@H](C)c1ccc2ccccc2c1. The van der Waals surface area contributed by atoms with Crippen LogP contribution in [0.25, 0.3) is 10.8 Å². The molecule has 0 aliphatic rings. The van der Waals surface area contributed by atoms with Crippen molar-refractivity contribution >= 4 is 26.5 Å². The van der Waals surface area contributed by atoms with Crippen LogP contribution in [0, 0.1) is 0 Å². The van der Waals surface area contributed by atoms with Gasteiger partial charge in [-0.05, 0) is 41.5 Å². The lowest BCUT2D eigenvalue weighted by molar-refractivity contribution is 0.0936. The third-order valence-corrected chi connectivity index (χ3v) is 6.25. The summed E-state index contributed by atoms with van der Waals surface area (Å²) in [5.74, 6) is -0.435. The van der Waals surface area contributed by atoms with Crippen LogP contribution in [0.3, 0.4) is 0 Å². The van der Waals surface area contributed by atoms with Gasteiger partial charge >= 0.3 is 0 Å². The van der Waals surface area contributed by atoms with E-state index in [0.717, 1.165) is 16.3 Å². The van der Waals surface area contributed by atoms with Crippen molar-refractivity contribution in [1.82, 2.24) is 5.32 Å². The van der Waals surface area contributed by atoms with Crippen LogP contribution >= 0.6 is 0 Å². The normalized spacial score (nSPS) is 12.7. The summed E-state index contributed by atoms with van der Waals surface area (Å²) in [6.45, 7) is 3.46. The van der Waals surface area contributed by atoms with Crippen LogP contribution in [0.15, 0.2) is 71.6 Å². The lowest BCUT2D eigenvalue weighted by Gasteiger charge is -2.16. The van der Waals surface area contributed by atoms with E-state index in [-0.39, 0.29) is 22.3 Å². The number of nitrogens with one attached hydrogen (secondary N) is 1. The molecule has 134 valence electrons. The quantitative estimate of drug-likeness (QED) is 0.738. The van der Waals surface area contributed by atoms with Crippen LogP contribution in [0.5, 0.6) is 0 Å². The van der Waals surface area contributed by atoms with Crippen LogP contribution in [-0.2, 0) is 9.84 Å². The molecule has 3 aromatic rings. The zero-order chi connectivity index (χ0) is 18.7. The van der Waals surface area contributed by atoms with E-state index in [1.165, 1.54) is 6.07 Å². The van der Waals surface area contributed by atoms with Gasteiger partial charge < -0.3 is 5.32 Å². The molecule has 5 heteroatoms. The van der Waals surface area contributed by atoms with E-state index >= 15 is 0 Å². The second kappa shape index (κ2) is 7.30. The Morgan fingerprint density at radius 3 is 2.35 bits per heavy atom. The van der Waals surface area contributed by atoms with E-state index in [2.05, 4.69) is 5.32 Å². The highest BCUT2D eigenvalue weighted by atomic mass is 32.2. The Kier molecular flexibility index (Phi) is 5.09. The smallest absolute Gasteiger partial charge is 0.253 e. The molecule has 0 heterocycles. The summed E-state index contributed by atoms with van der Waals surface area (Å²) < 4.78 is 24.5. The van der Waals surface area contributed by atoms with Gasteiger partial charge in [-0.3, -0.25) is 4.79 Å². The molecule has 0 bridgehead atoms. The first-order chi connectivity index (χ1) is 12.4. The van der Waals surface area contributed by atoms with E-state index in [1.807, 2.05) is 49.4 Å². The molecule has 0 aromatic heterocycles. The molecule has 4 nitrogen and oxygen atoms in total. The van der Waals surface area contributed by atoms with Crippen LogP contribution in [0.4, 0.5) is 0 Å². The number of carbonyl (C=O) groups is 1. The monoisotopic (exact) mass is 367 g/mol. The standard InChI is InChI=1S/C21H21NO3S/c1-3-26(24,25)20-11-7-6-10-19(20)21(23)22-15(2)17-13-12-16-8-4-5-9-18(16)14-17/h4-15H,3H2,1-2H3,(H,22,23)/t15-/m0/s1. The fourth-order valence-corrected chi connectivity index (χ4v) is 4.01. The van der Waals surface area contributed by atoms with Crippen molar-refractivity contribution in [3.8, 4) is 0 Å².